The van der Waals surface area contributed by atoms with Crippen molar-refractivity contribution in [2.75, 3.05) is 25.6 Å². The van der Waals surface area contributed by atoms with Gasteiger partial charge in [0.25, 0.3) is 5.91 Å². The number of rotatable bonds is 8. The molecule has 0 atom stereocenters. The highest BCUT2D eigenvalue weighted by Gasteiger charge is 2.15. The summed E-state index contributed by atoms with van der Waals surface area (Å²) in [6.07, 6.45) is 1.43. The Morgan fingerprint density at radius 3 is 2.60 bits per heavy atom. The molecular weight excluding hydrogens is 520 g/mol. The van der Waals surface area contributed by atoms with Crippen LogP contribution in [0.3, 0.4) is 0 Å². The molecule has 9 heteroatoms. The van der Waals surface area contributed by atoms with Crippen LogP contribution in [0, 0.1) is 11.3 Å². The van der Waals surface area contributed by atoms with Crippen molar-refractivity contribution in [2.45, 2.75) is 6.92 Å². The van der Waals surface area contributed by atoms with Crippen molar-refractivity contribution < 1.29 is 23.8 Å². The number of carbonyl (C=O) groups is 2. The molecule has 1 amide bonds. The van der Waals surface area contributed by atoms with E-state index in [1.165, 1.54) is 13.2 Å². The molecule has 7 nitrogen and oxygen atoms in total. The Kier molecular flexibility index (Phi) is 8.89. The molecular formula is C21H18Br2N2O5. The van der Waals surface area contributed by atoms with Gasteiger partial charge < -0.3 is 19.5 Å². The number of ether oxygens (including phenoxy) is 3. The number of hydrogen-bond acceptors (Lipinski definition) is 6. The maximum atomic E-state index is 12.5. The molecule has 0 saturated heterocycles. The van der Waals surface area contributed by atoms with Gasteiger partial charge in [-0.25, -0.2) is 4.79 Å². The van der Waals surface area contributed by atoms with E-state index in [-0.39, 0.29) is 18.8 Å². The SMILES string of the molecule is CCOC(=O)COc1cc(Br)c(/C=C(/C#N)C(=O)Nc2cccc(Br)c2)cc1OC. The van der Waals surface area contributed by atoms with E-state index in [1.807, 2.05) is 12.1 Å². The van der Waals surface area contributed by atoms with Crippen molar-refractivity contribution >= 4 is 55.5 Å². The quantitative estimate of drug-likeness (QED) is 0.297. The molecule has 0 bridgehead atoms. The molecule has 0 fully saturated rings. The van der Waals surface area contributed by atoms with Gasteiger partial charge in [0.05, 0.1) is 13.7 Å². The molecule has 0 aromatic heterocycles. The fourth-order valence-electron chi connectivity index (χ4n) is 2.34. The van der Waals surface area contributed by atoms with E-state index in [0.717, 1.165) is 4.47 Å². The fourth-order valence-corrected chi connectivity index (χ4v) is 3.18. The van der Waals surface area contributed by atoms with Gasteiger partial charge in [-0.1, -0.05) is 37.9 Å². The van der Waals surface area contributed by atoms with E-state index >= 15 is 0 Å². The number of benzene rings is 2. The summed E-state index contributed by atoms with van der Waals surface area (Å²) in [6, 6.07) is 12.1. The first-order valence-electron chi connectivity index (χ1n) is 8.72. The number of esters is 1. The number of carbonyl (C=O) groups excluding carboxylic acids is 2. The van der Waals surface area contributed by atoms with Crippen molar-refractivity contribution in [2.24, 2.45) is 0 Å². The molecule has 2 aromatic rings. The lowest BCUT2D eigenvalue weighted by atomic mass is 10.1. The average Bonchev–Trinajstić information content (AvgIpc) is 2.71. The largest absolute Gasteiger partial charge is 0.493 e. The number of nitrogens with zero attached hydrogens (tertiary/aromatic N) is 1. The summed E-state index contributed by atoms with van der Waals surface area (Å²) in [5.41, 5.74) is 0.976. The van der Waals surface area contributed by atoms with Gasteiger partial charge in [-0.2, -0.15) is 5.26 Å². The number of methoxy groups -OCH3 is 1. The van der Waals surface area contributed by atoms with E-state index in [4.69, 9.17) is 14.2 Å². The first kappa shape index (κ1) is 23.4. The van der Waals surface area contributed by atoms with Crippen LogP contribution in [0.2, 0.25) is 0 Å². The Morgan fingerprint density at radius 2 is 1.97 bits per heavy atom. The second kappa shape index (κ2) is 11.4. The molecule has 2 rings (SSSR count). The summed E-state index contributed by atoms with van der Waals surface area (Å²) in [5, 5.41) is 12.1. The molecule has 0 heterocycles. The zero-order valence-electron chi connectivity index (χ0n) is 16.2. The third kappa shape index (κ3) is 6.61. The van der Waals surface area contributed by atoms with Crippen LogP contribution < -0.4 is 14.8 Å². The van der Waals surface area contributed by atoms with Gasteiger partial charge in [-0.15, -0.1) is 0 Å². The van der Waals surface area contributed by atoms with Gasteiger partial charge in [0.1, 0.15) is 11.6 Å². The van der Waals surface area contributed by atoms with Crippen molar-refractivity contribution in [3.8, 4) is 17.6 Å². The second-order valence-electron chi connectivity index (χ2n) is 5.75. The molecule has 0 unspecified atom stereocenters. The molecule has 0 aliphatic rings. The minimum atomic E-state index is -0.552. The van der Waals surface area contributed by atoms with Gasteiger partial charge >= 0.3 is 5.97 Å². The fraction of sp³-hybridized carbons (Fsp3) is 0.190. The summed E-state index contributed by atoms with van der Waals surface area (Å²) in [4.78, 5) is 24.0. The summed E-state index contributed by atoms with van der Waals surface area (Å²) >= 11 is 6.72. The van der Waals surface area contributed by atoms with Crippen LogP contribution in [0.15, 0.2) is 50.9 Å². The predicted octanol–water partition coefficient (Wildman–Crippen LogP) is 4.71. The van der Waals surface area contributed by atoms with E-state index < -0.39 is 11.9 Å². The van der Waals surface area contributed by atoms with Crippen LogP contribution in [0.4, 0.5) is 5.69 Å². The lowest BCUT2D eigenvalue weighted by Gasteiger charge is -2.12. The lowest BCUT2D eigenvalue weighted by molar-refractivity contribution is -0.145. The molecule has 0 aliphatic heterocycles. The highest BCUT2D eigenvalue weighted by Crippen LogP contribution is 2.34. The lowest BCUT2D eigenvalue weighted by Crippen LogP contribution is -2.15. The van der Waals surface area contributed by atoms with E-state index in [9.17, 15) is 14.9 Å². The van der Waals surface area contributed by atoms with Gasteiger partial charge in [0.2, 0.25) is 0 Å². The Labute approximate surface area is 190 Å². The third-order valence-electron chi connectivity index (χ3n) is 3.68. The van der Waals surface area contributed by atoms with Crippen molar-refractivity contribution in [1.82, 2.24) is 0 Å². The summed E-state index contributed by atoms with van der Waals surface area (Å²) < 4.78 is 16.9. The number of nitriles is 1. The zero-order chi connectivity index (χ0) is 22.1. The van der Waals surface area contributed by atoms with Crippen molar-refractivity contribution in [1.29, 1.82) is 5.26 Å². The normalized spacial score (nSPS) is 10.7. The van der Waals surface area contributed by atoms with Crippen LogP contribution in [0.5, 0.6) is 11.5 Å². The second-order valence-corrected chi connectivity index (χ2v) is 7.52. The highest BCUT2D eigenvalue weighted by atomic mass is 79.9. The maximum Gasteiger partial charge on any atom is 0.344 e. The third-order valence-corrected chi connectivity index (χ3v) is 4.86. The van der Waals surface area contributed by atoms with Gasteiger partial charge in [0.15, 0.2) is 18.1 Å². The molecule has 0 radical (unpaired) electrons. The molecule has 0 saturated carbocycles. The van der Waals surface area contributed by atoms with Gasteiger partial charge in [-0.05, 0) is 48.9 Å². The van der Waals surface area contributed by atoms with Crippen LogP contribution in [-0.4, -0.2) is 32.2 Å². The molecule has 156 valence electrons. The Bertz CT molecular complexity index is 1010. The van der Waals surface area contributed by atoms with Gasteiger partial charge in [0, 0.05) is 14.6 Å². The average molecular weight is 538 g/mol. The highest BCUT2D eigenvalue weighted by molar-refractivity contribution is 9.10. The first-order chi connectivity index (χ1) is 14.4. The monoisotopic (exact) mass is 536 g/mol. The predicted molar refractivity (Wildman–Crippen MR) is 119 cm³/mol. The van der Waals surface area contributed by atoms with Crippen LogP contribution in [0.1, 0.15) is 12.5 Å². The smallest absolute Gasteiger partial charge is 0.344 e. The maximum absolute atomic E-state index is 12.5. The summed E-state index contributed by atoms with van der Waals surface area (Å²) in [6.45, 7) is 1.69. The number of hydrogen-bond donors (Lipinski definition) is 1. The standard InChI is InChI=1S/C21H18Br2N2O5/c1-3-29-20(26)12-30-19-10-17(23)13(8-18(19)28-2)7-14(11-24)21(27)25-16-6-4-5-15(22)9-16/h4-10H,3,12H2,1-2H3,(H,25,27)/b14-7-. The number of amides is 1. The first-order valence-corrected chi connectivity index (χ1v) is 10.3. The molecule has 2 aromatic carbocycles. The molecule has 1 N–H and O–H groups in total. The Hall–Kier alpha value is -2.83. The topological polar surface area (TPSA) is 97.7 Å². The van der Waals surface area contributed by atoms with Crippen LogP contribution in [0.25, 0.3) is 6.08 Å². The van der Waals surface area contributed by atoms with E-state index in [0.29, 0.717) is 27.2 Å². The molecule has 0 aliphatic carbocycles. The minimum Gasteiger partial charge on any atom is -0.493 e. The molecule has 30 heavy (non-hydrogen) atoms. The number of anilines is 1. The minimum absolute atomic E-state index is 0.0991. The number of nitrogens with one attached hydrogen (secondary N) is 1. The summed E-state index contributed by atoms with van der Waals surface area (Å²) in [7, 11) is 1.44. The van der Waals surface area contributed by atoms with Crippen molar-refractivity contribution in [3.63, 3.8) is 0 Å². The Morgan fingerprint density at radius 1 is 1.20 bits per heavy atom. The summed E-state index contributed by atoms with van der Waals surface area (Å²) in [5.74, 6) is -0.412. The van der Waals surface area contributed by atoms with E-state index in [2.05, 4.69) is 37.2 Å². The van der Waals surface area contributed by atoms with E-state index in [1.54, 1.807) is 37.3 Å². The zero-order valence-corrected chi connectivity index (χ0v) is 19.4. The van der Waals surface area contributed by atoms with Crippen LogP contribution >= 0.6 is 31.9 Å². The Balaban J connectivity index is 2.25. The van der Waals surface area contributed by atoms with Gasteiger partial charge in [-0.3, -0.25) is 4.79 Å². The molecule has 0 spiro atoms. The number of halogens is 2. The van der Waals surface area contributed by atoms with Crippen molar-refractivity contribution in [3.05, 3.63) is 56.5 Å². The van der Waals surface area contributed by atoms with Crippen LogP contribution in [-0.2, 0) is 14.3 Å².